The van der Waals surface area contributed by atoms with E-state index in [1.54, 1.807) is 4.90 Å². The van der Waals surface area contributed by atoms with Gasteiger partial charge in [-0.05, 0) is 63.8 Å². The number of hydrogen-bond acceptors (Lipinski definition) is 4. The van der Waals surface area contributed by atoms with Crippen molar-refractivity contribution in [2.24, 2.45) is 5.92 Å². The summed E-state index contributed by atoms with van der Waals surface area (Å²) in [5, 5.41) is 4.82. The smallest absolute Gasteiger partial charge is 0.410 e. The predicted octanol–water partition coefficient (Wildman–Crippen LogP) is 6.45. The van der Waals surface area contributed by atoms with Crippen molar-refractivity contribution in [3.05, 3.63) is 58.1 Å². The SMILES string of the molecule is CC(C)(C)OC(=O)N1CCC(CNc2nc3ccccc3n2Cc2c(Cl)cccc2Cl)CC1. The number of carbonyl (C=O) groups is 1. The zero-order valence-corrected chi connectivity index (χ0v) is 20.8. The number of halogens is 2. The third-order valence-corrected chi connectivity index (χ3v) is 6.56. The van der Waals surface area contributed by atoms with Gasteiger partial charge in [0.1, 0.15) is 5.60 Å². The molecule has 1 saturated heterocycles. The van der Waals surface area contributed by atoms with Crippen molar-refractivity contribution in [1.29, 1.82) is 0 Å². The molecule has 4 rings (SSSR count). The van der Waals surface area contributed by atoms with Crippen molar-refractivity contribution < 1.29 is 9.53 Å². The zero-order chi connectivity index (χ0) is 23.6. The van der Waals surface area contributed by atoms with Gasteiger partial charge in [0.25, 0.3) is 0 Å². The maximum absolute atomic E-state index is 12.3. The second-order valence-corrected chi connectivity index (χ2v) is 10.3. The Morgan fingerprint density at radius 3 is 2.42 bits per heavy atom. The standard InChI is InChI=1S/C25H30Cl2N4O2/c1-25(2,3)33-24(32)30-13-11-17(12-14-30)15-28-23-29-21-9-4-5-10-22(21)31(23)16-18-19(26)7-6-8-20(18)27/h4-10,17H,11-16H2,1-3H3,(H,28,29). The fraction of sp³-hybridized carbons (Fsp3) is 0.440. The molecule has 1 fully saturated rings. The summed E-state index contributed by atoms with van der Waals surface area (Å²) >= 11 is 12.9. The molecular weight excluding hydrogens is 459 g/mol. The second-order valence-electron chi connectivity index (χ2n) is 9.50. The van der Waals surface area contributed by atoms with Crippen molar-refractivity contribution in [3.63, 3.8) is 0 Å². The Bertz CT molecular complexity index is 1110. The molecule has 0 unspecified atom stereocenters. The molecule has 176 valence electrons. The quantitative estimate of drug-likeness (QED) is 0.448. The highest BCUT2D eigenvalue weighted by molar-refractivity contribution is 6.36. The van der Waals surface area contributed by atoms with Crippen LogP contribution >= 0.6 is 23.2 Å². The van der Waals surface area contributed by atoms with Crippen molar-refractivity contribution >= 4 is 46.3 Å². The third-order valence-electron chi connectivity index (χ3n) is 5.85. The minimum atomic E-state index is -0.473. The number of piperidine rings is 1. The van der Waals surface area contributed by atoms with Crippen LogP contribution in [-0.2, 0) is 11.3 Å². The molecule has 0 bridgehead atoms. The van der Waals surface area contributed by atoms with E-state index >= 15 is 0 Å². The van der Waals surface area contributed by atoms with Gasteiger partial charge in [-0.15, -0.1) is 0 Å². The van der Waals surface area contributed by atoms with Crippen LogP contribution in [0.5, 0.6) is 0 Å². The van der Waals surface area contributed by atoms with Gasteiger partial charge in [-0.25, -0.2) is 9.78 Å². The molecule has 0 saturated carbocycles. The monoisotopic (exact) mass is 488 g/mol. The van der Waals surface area contributed by atoms with E-state index in [2.05, 4.69) is 16.0 Å². The third kappa shape index (κ3) is 5.74. The van der Waals surface area contributed by atoms with E-state index in [-0.39, 0.29) is 6.09 Å². The second kappa shape index (κ2) is 9.82. The number of aromatic nitrogens is 2. The Hall–Kier alpha value is -2.44. The topological polar surface area (TPSA) is 59.4 Å². The molecule has 0 radical (unpaired) electrons. The summed E-state index contributed by atoms with van der Waals surface area (Å²) in [4.78, 5) is 18.9. The number of fused-ring (bicyclic) bond motifs is 1. The Kier molecular flexibility index (Phi) is 7.05. The molecule has 2 aromatic carbocycles. The van der Waals surface area contributed by atoms with E-state index in [0.29, 0.717) is 35.6 Å². The number of imidazole rings is 1. The van der Waals surface area contributed by atoms with E-state index in [1.165, 1.54) is 0 Å². The van der Waals surface area contributed by atoms with Gasteiger partial charge in [0.2, 0.25) is 5.95 Å². The van der Waals surface area contributed by atoms with Gasteiger partial charge < -0.3 is 19.5 Å². The molecule has 0 atom stereocenters. The van der Waals surface area contributed by atoms with Crippen LogP contribution in [0.1, 0.15) is 39.2 Å². The van der Waals surface area contributed by atoms with E-state index in [9.17, 15) is 4.79 Å². The van der Waals surface area contributed by atoms with Crippen LogP contribution < -0.4 is 5.32 Å². The fourth-order valence-corrected chi connectivity index (χ4v) is 4.61. The number of para-hydroxylation sites is 2. The average molecular weight is 489 g/mol. The maximum Gasteiger partial charge on any atom is 0.410 e. The van der Waals surface area contributed by atoms with Crippen LogP contribution in [0.2, 0.25) is 10.0 Å². The number of ether oxygens (including phenoxy) is 1. The minimum Gasteiger partial charge on any atom is -0.444 e. The molecule has 33 heavy (non-hydrogen) atoms. The lowest BCUT2D eigenvalue weighted by atomic mass is 9.97. The molecule has 3 aromatic rings. The summed E-state index contributed by atoms with van der Waals surface area (Å²) in [5.74, 6) is 1.24. The van der Waals surface area contributed by atoms with E-state index in [1.807, 2.05) is 57.2 Å². The molecular formula is C25H30Cl2N4O2. The summed E-state index contributed by atoms with van der Waals surface area (Å²) in [6, 6.07) is 13.6. The highest BCUT2D eigenvalue weighted by atomic mass is 35.5. The molecule has 1 aliphatic heterocycles. The van der Waals surface area contributed by atoms with Gasteiger partial charge in [-0.2, -0.15) is 0 Å². The zero-order valence-electron chi connectivity index (χ0n) is 19.3. The molecule has 1 N–H and O–H groups in total. The van der Waals surface area contributed by atoms with E-state index < -0.39 is 5.60 Å². The number of rotatable bonds is 5. The van der Waals surface area contributed by atoms with Crippen LogP contribution in [0.3, 0.4) is 0 Å². The minimum absolute atomic E-state index is 0.229. The molecule has 6 nitrogen and oxygen atoms in total. The normalized spacial score (nSPS) is 15.1. The number of hydrogen-bond donors (Lipinski definition) is 1. The lowest BCUT2D eigenvalue weighted by molar-refractivity contribution is 0.0188. The first-order valence-corrected chi connectivity index (χ1v) is 12.1. The van der Waals surface area contributed by atoms with Crippen molar-refractivity contribution in [2.75, 3.05) is 25.0 Å². The number of likely N-dealkylation sites (tertiary alicyclic amines) is 1. The van der Waals surface area contributed by atoms with Gasteiger partial charge in [-0.3, -0.25) is 0 Å². The lowest BCUT2D eigenvalue weighted by Crippen LogP contribution is -2.42. The Morgan fingerprint density at radius 1 is 1.09 bits per heavy atom. The largest absolute Gasteiger partial charge is 0.444 e. The van der Waals surface area contributed by atoms with Crippen LogP contribution in [0.4, 0.5) is 10.7 Å². The molecule has 0 spiro atoms. The first kappa shape index (κ1) is 23.7. The Morgan fingerprint density at radius 2 is 1.76 bits per heavy atom. The van der Waals surface area contributed by atoms with E-state index in [4.69, 9.17) is 32.9 Å². The molecule has 1 amide bonds. The summed E-state index contributed by atoms with van der Waals surface area (Å²) < 4.78 is 7.63. The van der Waals surface area contributed by atoms with E-state index in [0.717, 1.165) is 41.9 Å². The molecule has 1 aliphatic rings. The van der Waals surface area contributed by atoms with Gasteiger partial charge in [0.15, 0.2) is 0 Å². The number of nitrogens with zero attached hydrogens (tertiary/aromatic N) is 3. The highest BCUT2D eigenvalue weighted by Crippen LogP contribution is 2.29. The number of carbonyl (C=O) groups excluding carboxylic acids is 1. The summed E-state index contributed by atoms with van der Waals surface area (Å²) in [6.07, 6.45) is 1.61. The van der Waals surface area contributed by atoms with Crippen molar-refractivity contribution in [2.45, 2.75) is 45.8 Å². The average Bonchev–Trinajstić information content (AvgIpc) is 3.11. The first-order valence-electron chi connectivity index (χ1n) is 11.3. The lowest BCUT2D eigenvalue weighted by Gasteiger charge is -2.33. The molecule has 0 aliphatic carbocycles. The number of benzene rings is 2. The van der Waals surface area contributed by atoms with Gasteiger partial charge in [0.05, 0.1) is 17.6 Å². The van der Waals surface area contributed by atoms with Crippen LogP contribution in [0.15, 0.2) is 42.5 Å². The van der Waals surface area contributed by atoms with Gasteiger partial charge in [-0.1, -0.05) is 41.4 Å². The van der Waals surface area contributed by atoms with Crippen molar-refractivity contribution in [3.8, 4) is 0 Å². The predicted molar refractivity (Wildman–Crippen MR) is 134 cm³/mol. The summed E-state index contributed by atoms with van der Waals surface area (Å²) in [5.41, 5.74) is 2.34. The van der Waals surface area contributed by atoms with Crippen LogP contribution in [0.25, 0.3) is 11.0 Å². The molecule has 2 heterocycles. The molecule has 8 heteroatoms. The number of anilines is 1. The Balaban J connectivity index is 1.44. The maximum atomic E-state index is 12.3. The van der Waals surface area contributed by atoms with Crippen LogP contribution in [-0.4, -0.2) is 45.8 Å². The Labute approximate surface area is 204 Å². The summed E-state index contributed by atoms with van der Waals surface area (Å²) in [7, 11) is 0. The number of nitrogens with one attached hydrogen (secondary N) is 1. The van der Waals surface area contributed by atoms with Gasteiger partial charge in [0, 0.05) is 35.2 Å². The molecule has 1 aromatic heterocycles. The first-order chi connectivity index (χ1) is 15.7. The number of amides is 1. The van der Waals surface area contributed by atoms with Gasteiger partial charge >= 0.3 is 6.09 Å². The fourth-order valence-electron chi connectivity index (χ4n) is 4.09. The van der Waals surface area contributed by atoms with Crippen molar-refractivity contribution in [1.82, 2.24) is 14.5 Å². The highest BCUT2D eigenvalue weighted by Gasteiger charge is 2.27. The summed E-state index contributed by atoms with van der Waals surface area (Å²) in [6.45, 7) is 8.39. The van der Waals surface area contributed by atoms with Crippen LogP contribution in [0, 0.1) is 5.92 Å².